The van der Waals surface area contributed by atoms with E-state index in [-0.39, 0.29) is 11.1 Å². The van der Waals surface area contributed by atoms with E-state index in [1.807, 2.05) is 42.5 Å². The third-order valence-electron chi connectivity index (χ3n) is 4.20. The second-order valence-corrected chi connectivity index (χ2v) is 8.81. The molecule has 0 radical (unpaired) electrons. The van der Waals surface area contributed by atoms with Crippen molar-refractivity contribution in [1.29, 1.82) is 0 Å². The van der Waals surface area contributed by atoms with Crippen LogP contribution in [0, 0.1) is 3.57 Å². The van der Waals surface area contributed by atoms with Gasteiger partial charge in [0.2, 0.25) is 0 Å². The number of hydrogen-bond donors (Lipinski definition) is 0. The molecule has 1 heterocycles. The smallest absolute Gasteiger partial charge is 0.293 e. The zero-order valence-corrected chi connectivity index (χ0v) is 19.4. The molecule has 1 aliphatic heterocycles. The Morgan fingerprint density at radius 1 is 1.21 bits per heavy atom. The molecule has 0 N–H and O–H groups in total. The molecule has 29 heavy (non-hydrogen) atoms. The number of ether oxygens (including phenoxy) is 2. The molecular formula is C21H19ClINO4S. The molecule has 0 aromatic heterocycles. The van der Waals surface area contributed by atoms with Crippen molar-refractivity contribution >= 4 is 63.2 Å². The summed E-state index contributed by atoms with van der Waals surface area (Å²) >= 11 is 9.32. The second kappa shape index (κ2) is 10.5. The lowest BCUT2D eigenvalue weighted by Gasteiger charge is -2.11. The van der Waals surface area contributed by atoms with Crippen molar-refractivity contribution < 1.29 is 19.1 Å². The van der Waals surface area contributed by atoms with Crippen LogP contribution in [-0.2, 0) is 16.1 Å². The van der Waals surface area contributed by atoms with Crippen LogP contribution < -0.4 is 4.74 Å². The van der Waals surface area contributed by atoms with Crippen molar-refractivity contribution in [3.8, 4) is 5.75 Å². The van der Waals surface area contributed by atoms with Gasteiger partial charge in [-0.25, -0.2) is 0 Å². The molecule has 2 amide bonds. The number of halogens is 2. The van der Waals surface area contributed by atoms with E-state index < -0.39 is 0 Å². The van der Waals surface area contributed by atoms with E-state index in [0.717, 1.165) is 32.2 Å². The van der Waals surface area contributed by atoms with Gasteiger partial charge in [-0.15, -0.1) is 0 Å². The molecule has 1 fully saturated rings. The zero-order chi connectivity index (χ0) is 20.8. The number of methoxy groups -OCH3 is 1. The fraction of sp³-hybridized carbons (Fsp3) is 0.238. The molecule has 3 rings (SSSR count). The predicted molar refractivity (Wildman–Crippen MR) is 124 cm³/mol. The molecule has 0 spiro atoms. The first kappa shape index (κ1) is 22.1. The van der Waals surface area contributed by atoms with E-state index in [1.54, 1.807) is 13.2 Å². The first-order valence-corrected chi connectivity index (χ1v) is 11.2. The second-order valence-electron chi connectivity index (χ2n) is 6.25. The van der Waals surface area contributed by atoms with Gasteiger partial charge >= 0.3 is 0 Å². The largest absolute Gasteiger partial charge is 0.488 e. The minimum Gasteiger partial charge on any atom is -0.488 e. The summed E-state index contributed by atoms with van der Waals surface area (Å²) in [7, 11) is 1.59. The summed E-state index contributed by atoms with van der Waals surface area (Å²) in [6.45, 7) is 1.24. The summed E-state index contributed by atoms with van der Waals surface area (Å²) in [6, 6.07) is 13.2. The van der Waals surface area contributed by atoms with Crippen LogP contribution in [0.15, 0.2) is 47.4 Å². The van der Waals surface area contributed by atoms with E-state index in [1.165, 1.54) is 4.90 Å². The number of carbonyl (C=O) groups is 2. The summed E-state index contributed by atoms with van der Waals surface area (Å²) < 4.78 is 11.8. The lowest BCUT2D eigenvalue weighted by atomic mass is 10.2. The molecule has 0 aliphatic carbocycles. The van der Waals surface area contributed by atoms with Gasteiger partial charge in [-0.2, -0.15) is 0 Å². The van der Waals surface area contributed by atoms with E-state index >= 15 is 0 Å². The van der Waals surface area contributed by atoms with Gasteiger partial charge in [0, 0.05) is 30.8 Å². The zero-order valence-electron chi connectivity index (χ0n) is 15.7. The van der Waals surface area contributed by atoms with Crippen LogP contribution in [0.5, 0.6) is 5.75 Å². The molecule has 152 valence electrons. The van der Waals surface area contributed by atoms with Gasteiger partial charge in [-0.3, -0.25) is 14.5 Å². The van der Waals surface area contributed by atoms with Crippen LogP contribution in [0.2, 0.25) is 5.02 Å². The van der Waals surface area contributed by atoms with Gasteiger partial charge in [-0.05, 0) is 70.6 Å². The topological polar surface area (TPSA) is 55.8 Å². The molecule has 8 heteroatoms. The van der Waals surface area contributed by atoms with Crippen molar-refractivity contribution in [1.82, 2.24) is 4.90 Å². The van der Waals surface area contributed by atoms with Crippen LogP contribution in [0.1, 0.15) is 17.5 Å². The maximum absolute atomic E-state index is 12.5. The lowest BCUT2D eigenvalue weighted by molar-refractivity contribution is -0.122. The van der Waals surface area contributed by atoms with E-state index in [9.17, 15) is 9.59 Å². The normalized spacial score (nSPS) is 15.4. The standard InChI is InChI=1S/C21H19ClINO4S/c1-27-10-4-9-24-20(25)19(29-21(24)26)12-14-7-8-18(17(23)11-14)28-13-15-5-2-3-6-16(15)22/h2-3,5-8,11-12H,4,9-10,13H2,1H3/b19-12+. The maximum atomic E-state index is 12.5. The predicted octanol–water partition coefficient (Wildman–Crippen LogP) is 5.60. The molecular weight excluding hydrogens is 525 g/mol. The highest BCUT2D eigenvalue weighted by atomic mass is 127. The Kier molecular flexibility index (Phi) is 7.99. The highest BCUT2D eigenvalue weighted by molar-refractivity contribution is 14.1. The fourth-order valence-electron chi connectivity index (χ4n) is 2.71. The summed E-state index contributed by atoms with van der Waals surface area (Å²) in [5.41, 5.74) is 1.75. The first-order valence-electron chi connectivity index (χ1n) is 8.89. The van der Waals surface area contributed by atoms with Gasteiger partial charge in [0.15, 0.2) is 0 Å². The summed E-state index contributed by atoms with van der Waals surface area (Å²) in [4.78, 5) is 26.3. The Balaban J connectivity index is 1.67. The van der Waals surface area contributed by atoms with Crippen molar-refractivity contribution in [2.24, 2.45) is 0 Å². The van der Waals surface area contributed by atoms with Crippen molar-refractivity contribution in [3.63, 3.8) is 0 Å². The highest BCUT2D eigenvalue weighted by Gasteiger charge is 2.34. The summed E-state index contributed by atoms with van der Waals surface area (Å²) in [5.74, 6) is 0.473. The van der Waals surface area contributed by atoms with Crippen molar-refractivity contribution in [3.05, 3.63) is 67.1 Å². The number of imide groups is 1. The first-order chi connectivity index (χ1) is 14.0. The third kappa shape index (κ3) is 5.75. The van der Waals surface area contributed by atoms with Crippen molar-refractivity contribution in [2.45, 2.75) is 13.0 Å². The van der Waals surface area contributed by atoms with Crippen LogP contribution in [-0.4, -0.2) is 36.3 Å². The molecule has 2 aromatic rings. The van der Waals surface area contributed by atoms with Crippen molar-refractivity contribution in [2.75, 3.05) is 20.3 Å². The molecule has 0 bridgehead atoms. The van der Waals surface area contributed by atoms with Crippen LogP contribution >= 0.6 is 46.0 Å². The average molecular weight is 544 g/mol. The Morgan fingerprint density at radius 2 is 2.00 bits per heavy atom. The van der Waals surface area contributed by atoms with Crippen LogP contribution in [0.4, 0.5) is 4.79 Å². The summed E-state index contributed by atoms with van der Waals surface area (Å²) in [5, 5.41) is 0.423. The van der Waals surface area contributed by atoms with Gasteiger partial charge in [0.05, 0.1) is 8.48 Å². The monoisotopic (exact) mass is 543 g/mol. The molecule has 0 saturated carbocycles. The molecule has 0 atom stereocenters. The minimum atomic E-state index is -0.259. The molecule has 1 saturated heterocycles. The Bertz CT molecular complexity index is 950. The van der Waals surface area contributed by atoms with Gasteiger partial charge < -0.3 is 9.47 Å². The number of benzene rings is 2. The fourth-order valence-corrected chi connectivity index (χ4v) is 4.46. The van der Waals surface area contributed by atoms with E-state index in [4.69, 9.17) is 21.1 Å². The van der Waals surface area contributed by atoms with Crippen LogP contribution in [0.3, 0.4) is 0 Å². The van der Waals surface area contributed by atoms with Gasteiger partial charge in [0.1, 0.15) is 12.4 Å². The summed E-state index contributed by atoms with van der Waals surface area (Å²) in [6.07, 6.45) is 2.36. The molecule has 2 aromatic carbocycles. The highest BCUT2D eigenvalue weighted by Crippen LogP contribution is 2.33. The number of thioether (sulfide) groups is 1. The quantitative estimate of drug-likeness (QED) is 0.247. The SMILES string of the molecule is COCCCN1C(=O)S/C(=C/c2ccc(OCc3ccccc3Cl)c(I)c2)C1=O. The Morgan fingerprint density at radius 3 is 2.72 bits per heavy atom. The third-order valence-corrected chi connectivity index (χ3v) is 6.32. The maximum Gasteiger partial charge on any atom is 0.293 e. The molecule has 5 nitrogen and oxygen atoms in total. The number of carbonyl (C=O) groups excluding carboxylic acids is 2. The van der Waals surface area contributed by atoms with E-state index in [0.29, 0.717) is 36.1 Å². The molecule has 1 aliphatic rings. The Hall–Kier alpha value is -1.55. The number of nitrogens with zero attached hydrogens (tertiary/aromatic N) is 1. The van der Waals surface area contributed by atoms with Gasteiger partial charge in [-0.1, -0.05) is 35.9 Å². The van der Waals surface area contributed by atoms with Crippen LogP contribution in [0.25, 0.3) is 6.08 Å². The van der Waals surface area contributed by atoms with E-state index in [2.05, 4.69) is 22.6 Å². The lowest BCUT2D eigenvalue weighted by Crippen LogP contribution is -2.29. The Labute approximate surface area is 192 Å². The average Bonchev–Trinajstić information content (AvgIpc) is 2.96. The molecule has 0 unspecified atom stereocenters. The number of rotatable bonds is 8. The number of hydrogen-bond acceptors (Lipinski definition) is 5. The van der Waals surface area contributed by atoms with Gasteiger partial charge in [0.25, 0.3) is 11.1 Å². The minimum absolute atomic E-state index is 0.244. The number of amides is 2.